The average molecular weight is 633 g/mol. The number of aliphatic hydroxyl groups is 2. The molecule has 0 radical (unpaired) electrons. The van der Waals surface area contributed by atoms with Crippen molar-refractivity contribution in [3.63, 3.8) is 0 Å². The van der Waals surface area contributed by atoms with Gasteiger partial charge in [-0.1, -0.05) is 44.2 Å². The molecular weight excluding hydrogens is 595 g/mol. The fraction of sp³-hybridized carbons (Fsp3) is 0.273. The quantitative estimate of drug-likeness (QED) is 0.0745. The summed E-state index contributed by atoms with van der Waals surface area (Å²) in [6, 6.07) is 18.9. The van der Waals surface area contributed by atoms with Crippen LogP contribution in [-0.2, 0) is 11.3 Å². The van der Waals surface area contributed by atoms with E-state index in [0.29, 0.717) is 33.6 Å². The molecule has 6 N–H and O–H groups in total. The number of phenols is 2. The number of carbonyl (C=O) groups excluding carboxylic acids is 1. The van der Waals surface area contributed by atoms with Gasteiger partial charge in [0.2, 0.25) is 0 Å². The van der Waals surface area contributed by atoms with E-state index < -0.39 is 36.3 Å². The van der Waals surface area contributed by atoms with Crippen molar-refractivity contribution in [3.8, 4) is 33.9 Å². The zero-order valence-electron chi connectivity index (χ0n) is 23.9. The van der Waals surface area contributed by atoms with Gasteiger partial charge in [0.25, 0.3) is 5.91 Å². The summed E-state index contributed by atoms with van der Waals surface area (Å²) >= 11 is 0. The second kappa shape index (κ2) is 15.5. The van der Waals surface area contributed by atoms with Crippen LogP contribution in [-0.4, -0.2) is 91.9 Å². The molecular formula is C33H37CaFN2O7. The fourth-order valence-electron chi connectivity index (χ4n) is 5.30. The molecule has 2 atom stereocenters. The fourth-order valence-corrected chi connectivity index (χ4v) is 5.30. The van der Waals surface area contributed by atoms with Crippen LogP contribution in [0.5, 0.6) is 11.5 Å². The number of phenolic OH excluding ortho intramolecular Hbond substituents is 2. The number of halogens is 1. The molecule has 3 aromatic carbocycles. The summed E-state index contributed by atoms with van der Waals surface area (Å²) < 4.78 is 15.9. The van der Waals surface area contributed by atoms with Crippen LogP contribution in [0.4, 0.5) is 10.1 Å². The maximum atomic E-state index is 14.1. The Kier molecular flexibility index (Phi) is 12.4. The van der Waals surface area contributed by atoms with Crippen LogP contribution in [0.3, 0.4) is 0 Å². The molecule has 0 fully saturated rings. The van der Waals surface area contributed by atoms with Crippen molar-refractivity contribution >= 4 is 55.3 Å². The normalized spacial score (nSPS) is 12.4. The van der Waals surface area contributed by atoms with Crippen molar-refractivity contribution in [2.75, 3.05) is 5.32 Å². The first-order valence-electron chi connectivity index (χ1n) is 13.9. The average Bonchev–Trinajstić information content (AvgIpc) is 3.29. The van der Waals surface area contributed by atoms with Gasteiger partial charge >= 0.3 is 43.7 Å². The van der Waals surface area contributed by atoms with Crippen LogP contribution in [0.25, 0.3) is 22.4 Å². The van der Waals surface area contributed by atoms with Crippen molar-refractivity contribution in [3.05, 3.63) is 89.9 Å². The Morgan fingerprint density at radius 3 is 2.16 bits per heavy atom. The van der Waals surface area contributed by atoms with Crippen LogP contribution in [0.2, 0.25) is 0 Å². The first-order chi connectivity index (χ1) is 20.5. The van der Waals surface area contributed by atoms with Crippen molar-refractivity contribution in [1.82, 2.24) is 4.57 Å². The van der Waals surface area contributed by atoms with E-state index >= 15 is 0 Å². The number of anilines is 1. The number of amides is 1. The van der Waals surface area contributed by atoms with Crippen LogP contribution < -0.4 is 5.32 Å². The minimum absolute atomic E-state index is 0. The van der Waals surface area contributed by atoms with E-state index in [4.69, 9.17) is 5.11 Å². The first kappa shape index (κ1) is 35.1. The molecule has 1 amide bonds. The minimum atomic E-state index is -1.22. The van der Waals surface area contributed by atoms with Gasteiger partial charge in [-0.05, 0) is 66.3 Å². The molecule has 11 heteroatoms. The van der Waals surface area contributed by atoms with Gasteiger partial charge in [0.1, 0.15) is 17.3 Å². The van der Waals surface area contributed by atoms with E-state index in [2.05, 4.69) is 5.32 Å². The van der Waals surface area contributed by atoms with Crippen molar-refractivity contribution in [2.24, 2.45) is 0 Å². The molecule has 0 saturated heterocycles. The number of benzene rings is 3. The summed E-state index contributed by atoms with van der Waals surface area (Å²) in [4.78, 5) is 25.1. The zero-order valence-corrected chi connectivity index (χ0v) is 23.9. The zero-order chi connectivity index (χ0) is 31.3. The number of hydrogen-bond donors (Lipinski definition) is 6. The van der Waals surface area contributed by atoms with E-state index in [1.807, 2.05) is 48.7 Å². The number of aromatic hydroxyl groups is 2. The Bertz CT molecular complexity index is 1590. The molecule has 0 aliphatic rings. The number of carboxylic acid groups (broad SMARTS) is 1. The summed E-state index contributed by atoms with van der Waals surface area (Å²) in [7, 11) is 0. The van der Waals surface area contributed by atoms with Gasteiger partial charge in [0, 0.05) is 23.9 Å². The van der Waals surface area contributed by atoms with Gasteiger partial charge in [0.05, 0.1) is 35.6 Å². The molecule has 0 spiro atoms. The molecule has 0 saturated carbocycles. The van der Waals surface area contributed by atoms with Crippen LogP contribution >= 0.6 is 0 Å². The van der Waals surface area contributed by atoms with E-state index in [0.717, 1.165) is 6.07 Å². The van der Waals surface area contributed by atoms with E-state index in [9.17, 15) is 34.4 Å². The summed E-state index contributed by atoms with van der Waals surface area (Å²) in [5.74, 6) is -2.84. The third kappa shape index (κ3) is 8.40. The van der Waals surface area contributed by atoms with Crippen molar-refractivity contribution in [1.29, 1.82) is 0 Å². The topological polar surface area (TPSA) is 152 Å². The molecule has 4 aromatic rings. The Balaban J connectivity index is 0.00000529. The molecule has 0 aliphatic heterocycles. The molecule has 1 heterocycles. The number of carboxylic acids is 1. The second-order valence-corrected chi connectivity index (χ2v) is 10.7. The molecule has 0 aliphatic carbocycles. The number of hydrogen-bond acceptors (Lipinski definition) is 6. The summed E-state index contributed by atoms with van der Waals surface area (Å²) in [5, 5.41) is 52.6. The predicted octanol–water partition coefficient (Wildman–Crippen LogP) is 4.81. The Morgan fingerprint density at radius 1 is 0.909 bits per heavy atom. The number of nitrogens with zero attached hydrogens (tertiary/aromatic N) is 1. The maximum absolute atomic E-state index is 14.1. The number of rotatable bonds is 12. The molecule has 230 valence electrons. The monoisotopic (exact) mass is 632 g/mol. The Morgan fingerprint density at radius 2 is 1.57 bits per heavy atom. The predicted molar refractivity (Wildman–Crippen MR) is 169 cm³/mol. The number of aromatic nitrogens is 1. The first-order valence-corrected chi connectivity index (χ1v) is 13.9. The van der Waals surface area contributed by atoms with Crippen LogP contribution in [0.1, 0.15) is 55.1 Å². The summed E-state index contributed by atoms with van der Waals surface area (Å²) in [6.07, 6.45) is -2.77. The molecule has 4 rings (SSSR count). The number of carbonyl (C=O) groups is 2. The Hall–Kier alpha value is -3.41. The molecule has 1 aromatic heterocycles. The molecule has 0 bridgehead atoms. The van der Waals surface area contributed by atoms with Gasteiger partial charge in [-0.15, -0.1) is 0 Å². The standard InChI is InChI=1S/C33H35FN2O7.Ca.2H/c1-19(2)31-30(33(43)35-26-13-12-23(37)17-27(26)40)29(20-6-4-3-5-7-20)32(21-8-10-22(34)11-9-21)36(31)15-14-24(38)16-25(39)18-28(41)42;;;/h3-13,17,19,24-25,37-40H,14-16,18H2,1-2H3,(H,35,43)(H,41,42);;;. The Labute approximate surface area is 284 Å². The number of aliphatic hydroxyl groups excluding tert-OH is 2. The van der Waals surface area contributed by atoms with Crippen molar-refractivity contribution < 1.29 is 39.5 Å². The van der Waals surface area contributed by atoms with Gasteiger partial charge < -0.3 is 35.4 Å². The van der Waals surface area contributed by atoms with Gasteiger partial charge in [-0.2, -0.15) is 0 Å². The van der Waals surface area contributed by atoms with E-state index in [1.54, 1.807) is 12.1 Å². The van der Waals surface area contributed by atoms with E-state index in [1.165, 1.54) is 24.3 Å². The molecule has 44 heavy (non-hydrogen) atoms. The summed E-state index contributed by atoms with van der Waals surface area (Å²) in [6.45, 7) is 4.02. The molecule has 9 nitrogen and oxygen atoms in total. The second-order valence-electron chi connectivity index (χ2n) is 10.7. The van der Waals surface area contributed by atoms with Gasteiger partial charge in [0.15, 0.2) is 0 Å². The van der Waals surface area contributed by atoms with Gasteiger partial charge in [-0.3, -0.25) is 9.59 Å². The molecule has 2 unspecified atom stereocenters. The number of nitrogens with one attached hydrogen (secondary N) is 1. The van der Waals surface area contributed by atoms with Crippen LogP contribution in [0, 0.1) is 5.82 Å². The third-order valence-electron chi connectivity index (χ3n) is 7.13. The van der Waals surface area contributed by atoms with Crippen molar-refractivity contribution in [2.45, 2.75) is 57.8 Å². The third-order valence-corrected chi connectivity index (χ3v) is 7.13. The SMILES string of the molecule is CC(C)c1c(C(=O)Nc2ccc(O)cc2O)c(-c2ccccc2)c(-c2ccc(F)cc2)n1CCC(O)CC(O)CC(=O)O.[CaH2]. The van der Waals surface area contributed by atoms with E-state index in [-0.39, 0.29) is 80.2 Å². The summed E-state index contributed by atoms with van der Waals surface area (Å²) in [5.41, 5.74) is 3.52. The number of aliphatic carboxylic acids is 1. The van der Waals surface area contributed by atoms with Crippen LogP contribution in [0.15, 0.2) is 72.8 Å². The van der Waals surface area contributed by atoms with Gasteiger partial charge in [-0.25, -0.2) is 4.39 Å².